The summed E-state index contributed by atoms with van der Waals surface area (Å²) in [6.07, 6.45) is 3.19. The van der Waals surface area contributed by atoms with E-state index in [1.807, 2.05) is 0 Å². The van der Waals surface area contributed by atoms with Gasteiger partial charge in [0.1, 0.15) is 11.7 Å². The zero-order valence-electron chi connectivity index (χ0n) is 18.0. The molecule has 3 atom stereocenters. The molecule has 0 saturated carbocycles. The first-order valence-corrected chi connectivity index (χ1v) is 12.3. The highest BCUT2D eigenvalue weighted by Gasteiger charge is 2.50. The van der Waals surface area contributed by atoms with E-state index < -0.39 is 28.0 Å². The number of fused-ring (bicyclic) bond motifs is 2. The molecule has 0 spiro atoms. The molecular weight excluding hydrogens is 472 g/mol. The third kappa shape index (κ3) is 4.60. The van der Waals surface area contributed by atoms with E-state index in [2.05, 4.69) is 15.4 Å². The Morgan fingerprint density at radius 3 is 2.79 bits per heavy atom. The molecule has 2 saturated heterocycles. The number of rotatable bonds is 7. The molecule has 1 aromatic carbocycles. The molecular formula is C20H25ClN6O5S. The number of carbonyl (C=O) groups is 2. The van der Waals surface area contributed by atoms with E-state index in [0.29, 0.717) is 31.5 Å². The second-order valence-corrected chi connectivity index (χ2v) is 10.6. The van der Waals surface area contributed by atoms with Crippen molar-refractivity contribution in [1.29, 1.82) is 0 Å². The number of benzene rings is 1. The highest BCUT2D eigenvalue weighted by Crippen LogP contribution is 2.38. The predicted octanol–water partition coefficient (Wildman–Crippen LogP) is 0.774. The summed E-state index contributed by atoms with van der Waals surface area (Å²) >= 11 is 6.10. The molecule has 0 radical (unpaired) electrons. The Bertz CT molecular complexity index is 1140. The Kier molecular flexibility index (Phi) is 6.71. The van der Waals surface area contributed by atoms with Crippen LogP contribution in [0.15, 0.2) is 29.3 Å². The van der Waals surface area contributed by atoms with Gasteiger partial charge < -0.3 is 15.4 Å². The van der Waals surface area contributed by atoms with Crippen molar-refractivity contribution in [2.45, 2.75) is 42.8 Å². The number of piperidine rings is 1. The molecule has 13 heteroatoms. The smallest absolute Gasteiger partial charge is 0.248 e. The van der Waals surface area contributed by atoms with E-state index in [1.54, 1.807) is 12.0 Å². The Balaban J connectivity index is 1.78. The summed E-state index contributed by atoms with van der Waals surface area (Å²) in [7, 11) is -2.64. The van der Waals surface area contributed by atoms with Crippen molar-refractivity contribution < 1.29 is 22.7 Å². The first kappa shape index (κ1) is 23.6. The third-order valence-electron chi connectivity index (χ3n) is 6.14. The molecule has 2 aromatic rings. The van der Waals surface area contributed by atoms with Gasteiger partial charge >= 0.3 is 0 Å². The summed E-state index contributed by atoms with van der Waals surface area (Å²) in [5.74, 6) is -1.36. The minimum absolute atomic E-state index is 0.0199. The maximum atomic E-state index is 13.9. The number of nitrogens with one attached hydrogen (secondary N) is 1. The number of nitrogens with two attached hydrogens (primary N) is 1. The van der Waals surface area contributed by atoms with Crippen molar-refractivity contribution in [1.82, 2.24) is 24.6 Å². The number of ether oxygens (including phenoxy) is 1. The molecule has 2 bridgehead atoms. The number of aromatic nitrogens is 3. The van der Waals surface area contributed by atoms with Crippen LogP contribution in [-0.2, 0) is 26.1 Å². The monoisotopic (exact) mass is 496 g/mol. The number of sulfonamides is 1. The number of carbonyl (C=O) groups excluding carboxylic acids is 2. The van der Waals surface area contributed by atoms with Gasteiger partial charge in [0.2, 0.25) is 21.8 Å². The highest BCUT2D eigenvalue weighted by molar-refractivity contribution is 7.89. The van der Waals surface area contributed by atoms with Gasteiger partial charge in [-0.3, -0.25) is 9.59 Å². The van der Waals surface area contributed by atoms with Crippen LogP contribution in [0.5, 0.6) is 0 Å². The number of halogens is 1. The maximum Gasteiger partial charge on any atom is 0.248 e. The van der Waals surface area contributed by atoms with Gasteiger partial charge in [0.25, 0.3) is 0 Å². The van der Waals surface area contributed by atoms with Gasteiger partial charge in [0, 0.05) is 36.2 Å². The topological polar surface area (TPSA) is 152 Å². The number of amides is 2. The average Bonchev–Trinajstić information content (AvgIpc) is 3.27. The molecule has 2 amide bonds. The van der Waals surface area contributed by atoms with E-state index >= 15 is 0 Å². The molecule has 2 fully saturated rings. The van der Waals surface area contributed by atoms with Crippen LogP contribution in [0.2, 0.25) is 5.02 Å². The second-order valence-electron chi connectivity index (χ2n) is 8.28. The van der Waals surface area contributed by atoms with Crippen LogP contribution in [-0.4, -0.2) is 77.2 Å². The Morgan fingerprint density at radius 2 is 2.12 bits per heavy atom. The average molecular weight is 497 g/mol. The molecule has 2 aliphatic rings. The lowest BCUT2D eigenvalue weighted by atomic mass is 9.91. The van der Waals surface area contributed by atoms with E-state index in [0.717, 1.165) is 0 Å². The number of aromatic amines is 1. The predicted molar refractivity (Wildman–Crippen MR) is 118 cm³/mol. The second kappa shape index (κ2) is 9.37. The Morgan fingerprint density at radius 1 is 1.33 bits per heavy atom. The van der Waals surface area contributed by atoms with Crippen molar-refractivity contribution in [2.75, 3.05) is 20.3 Å². The van der Waals surface area contributed by atoms with Crippen molar-refractivity contribution >= 4 is 33.4 Å². The van der Waals surface area contributed by atoms with Gasteiger partial charge in [-0.2, -0.15) is 19.7 Å². The van der Waals surface area contributed by atoms with Gasteiger partial charge in [0.15, 0.2) is 0 Å². The maximum absolute atomic E-state index is 13.9. The molecule has 1 aromatic heterocycles. The summed E-state index contributed by atoms with van der Waals surface area (Å²) in [6.45, 7) is 0.790. The van der Waals surface area contributed by atoms with Crippen LogP contribution < -0.4 is 5.73 Å². The van der Waals surface area contributed by atoms with Gasteiger partial charge in [0.05, 0.1) is 24.2 Å². The number of nitrogens with zero attached hydrogens (tertiary/aromatic N) is 4. The lowest BCUT2D eigenvalue weighted by Gasteiger charge is -2.40. The normalized spacial score (nSPS) is 24.0. The van der Waals surface area contributed by atoms with E-state index in [9.17, 15) is 18.0 Å². The number of primary amides is 1. The third-order valence-corrected chi connectivity index (χ3v) is 8.27. The molecule has 2 aliphatic heterocycles. The molecule has 3 heterocycles. The summed E-state index contributed by atoms with van der Waals surface area (Å²) < 4.78 is 34.5. The molecule has 33 heavy (non-hydrogen) atoms. The Hall–Kier alpha value is -2.54. The van der Waals surface area contributed by atoms with E-state index in [-0.39, 0.29) is 40.5 Å². The van der Waals surface area contributed by atoms with Crippen LogP contribution >= 0.6 is 11.6 Å². The molecule has 11 nitrogen and oxygen atoms in total. The summed E-state index contributed by atoms with van der Waals surface area (Å²) in [5, 5.41) is 10.4. The van der Waals surface area contributed by atoms with Crippen molar-refractivity contribution in [3.05, 3.63) is 40.7 Å². The fraction of sp³-hybridized carbons (Fsp3) is 0.500. The van der Waals surface area contributed by atoms with E-state index in [4.69, 9.17) is 22.1 Å². The molecule has 3 N–H and O–H groups in total. The minimum Gasteiger partial charge on any atom is -0.384 e. The lowest BCUT2D eigenvalue weighted by molar-refractivity contribution is -0.135. The summed E-state index contributed by atoms with van der Waals surface area (Å²) in [4.78, 5) is 26.7. The molecule has 178 valence electrons. The SMILES string of the molecule is COC[C@H]1CN(Cc2cn[nH]n2)C(=O)C2CCCC1N2S(=O)(=O)c1cc(Cl)cc(C(N)=O)c1. The van der Waals surface area contributed by atoms with Crippen molar-refractivity contribution in [3.8, 4) is 0 Å². The fourth-order valence-corrected chi connectivity index (χ4v) is 6.99. The number of hydrogen-bond donors (Lipinski definition) is 2. The van der Waals surface area contributed by atoms with Crippen LogP contribution in [0.4, 0.5) is 0 Å². The first-order valence-electron chi connectivity index (χ1n) is 10.5. The van der Waals surface area contributed by atoms with Gasteiger partial charge in [-0.25, -0.2) is 8.42 Å². The standard InChI is InChI=1S/C20H25ClN6O5S/c1-32-11-13-9-26(10-15-8-23-25-24-15)20(29)18-4-2-3-17(13)27(18)33(30,31)16-6-12(19(22)28)5-14(21)7-16/h5-8,13,17-18H,2-4,9-11H2,1H3,(H2,22,28)(H,23,24,25)/t13-,17?,18?/m1/s1. The zero-order valence-corrected chi connectivity index (χ0v) is 19.6. The van der Waals surface area contributed by atoms with Crippen LogP contribution in [0.3, 0.4) is 0 Å². The van der Waals surface area contributed by atoms with Gasteiger partial charge in [-0.15, -0.1) is 0 Å². The molecule has 2 unspecified atom stereocenters. The van der Waals surface area contributed by atoms with Crippen LogP contribution in [0.25, 0.3) is 0 Å². The van der Waals surface area contributed by atoms with Crippen LogP contribution in [0, 0.1) is 5.92 Å². The number of methoxy groups -OCH3 is 1. The Labute approximate surface area is 196 Å². The number of H-pyrrole nitrogens is 1. The highest BCUT2D eigenvalue weighted by atomic mass is 35.5. The summed E-state index contributed by atoms with van der Waals surface area (Å²) in [5.41, 5.74) is 5.91. The first-order chi connectivity index (χ1) is 15.7. The fourth-order valence-electron chi connectivity index (χ4n) is 4.73. The van der Waals surface area contributed by atoms with Crippen molar-refractivity contribution in [3.63, 3.8) is 0 Å². The zero-order chi connectivity index (χ0) is 23.8. The lowest BCUT2D eigenvalue weighted by Crippen LogP contribution is -2.55. The minimum atomic E-state index is -4.19. The summed E-state index contributed by atoms with van der Waals surface area (Å²) in [6, 6.07) is 2.43. The quantitative estimate of drug-likeness (QED) is 0.574. The van der Waals surface area contributed by atoms with Crippen molar-refractivity contribution in [2.24, 2.45) is 11.7 Å². The van der Waals surface area contributed by atoms with Gasteiger partial charge in [-0.1, -0.05) is 11.6 Å². The largest absolute Gasteiger partial charge is 0.384 e. The molecule has 4 rings (SSSR count). The van der Waals surface area contributed by atoms with E-state index in [1.165, 1.54) is 28.7 Å². The van der Waals surface area contributed by atoms with Gasteiger partial charge in [-0.05, 0) is 37.5 Å². The van der Waals surface area contributed by atoms with Crippen LogP contribution in [0.1, 0.15) is 35.3 Å². The molecule has 0 aliphatic carbocycles. The number of hydrogen-bond acceptors (Lipinski definition) is 7.